The van der Waals surface area contributed by atoms with Crippen molar-refractivity contribution in [2.75, 3.05) is 4.72 Å². The van der Waals surface area contributed by atoms with Gasteiger partial charge in [0, 0.05) is 5.69 Å². The van der Waals surface area contributed by atoms with E-state index in [1.807, 2.05) is 13.0 Å². The summed E-state index contributed by atoms with van der Waals surface area (Å²) in [6, 6.07) is 8.60. The van der Waals surface area contributed by atoms with E-state index in [0.29, 0.717) is 5.69 Å². The minimum absolute atomic E-state index is 0.0745. The molecule has 25 heavy (non-hydrogen) atoms. The highest BCUT2D eigenvalue weighted by atomic mass is 32.2. The lowest BCUT2D eigenvalue weighted by atomic mass is 9.84. The van der Waals surface area contributed by atoms with Crippen molar-refractivity contribution >= 4 is 15.7 Å². The molecule has 2 rings (SSSR count). The van der Waals surface area contributed by atoms with Crippen LogP contribution in [0.3, 0.4) is 0 Å². The molecule has 0 atom stereocenters. The van der Waals surface area contributed by atoms with Gasteiger partial charge >= 0.3 is 6.18 Å². The third-order valence-electron chi connectivity index (χ3n) is 3.78. The van der Waals surface area contributed by atoms with Gasteiger partial charge in [-0.2, -0.15) is 13.2 Å². The Kier molecular flexibility index (Phi) is 4.92. The molecule has 0 fully saturated rings. The van der Waals surface area contributed by atoms with Crippen molar-refractivity contribution in [2.45, 2.75) is 44.2 Å². The monoisotopic (exact) mass is 371 g/mol. The van der Waals surface area contributed by atoms with Crippen LogP contribution in [0.4, 0.5) is 18.9 Å². The minimum Gasteiger partial charge on any atom is -0.280 e. The zero-order valence-corrected chi connectivity index (χ0v) is 15.2. The molecule has 0 aliphatic heterocycles. The standard InChI is InChI=1S/C18H20F3NO2S/c1-12-11-14(7-10-16(12)17(2,3)4)22-25(23,24)15-8-5-13(6-9-15)18(19,20)21/h5-11,22H,1-4H3. The van der Waals surface area contributed by atoms with E-state index in [9.17, 15) is 21.6 Å². The fourth-order valence-corrected chi connectivity index (χ4v) is 3.66. The lowest BCUT2D eigenvalue weighted by Gasteiger charge is -2.22. The maximum Gasteiger partial charge on any atom is 0.416 e. The summed E-state index contributed by atoms with van der Waals surface area (Å²) in [6.45, 7) is 8.06. The van der Waals surface area contributed by atoms with Gasteiger partial charge in [0.1, 0.15) is 0 Å². The van der Waals surface area contributed by atoms with Gasteiger partial charge in [0.05, 0.1) is 10.5 Å². The molecule has 0 aliphatic carbocycles. The molecule has 0 saturated heterocycles. The molecule has 0 amide bonds. The third-order valence-corrected chi connectivity index (χ3v) is 5.18. The van der Waals surface area contributed by atoms with E-state index in [1.165, 1.54) is 0 Å². The lowest BCUT2D eigenvalue weighted by molar-refractivity contribution is -0.137. The molecule has 0 aliphatic rings. The second kappa shape index (κ2) is 6.37. The molecule has 0 unspecified atom stereocenters. The van der Waals surface area contributed by atoms with Crippen molar-refractivity contribution in [3.05, 3.63) is 59.2 Å². The SMILES string of the molecule is Cc1cc(NS(=O)(=O)c2ccc(C(F)(F)F)cc2)ccc1C(C)(C)C. The highest BCUT2D eigenvalue weighted by Gasteiger charge is 2.30. The van der Waals surface area contributed by atoms with Crippen LogP contribution in [-0.4, -0.2) is 8.42 Å². The summed E-state index contributed by atoms with van der Waals surface area (Å²) in [5.41, 5.74) is 1.42. The van der Waals surface area contributed by atoms with Crippen LogP contribution in [0.1, 0.15) is 37.5 Å². The Bertz CT molecular complexity index is 865. The zero-order valence-electron chi connectivity index (χ0n) is 14.4. The van der Waals surface area contributed by atoms with Gasteiger partial charge in [-0.3, -0.25) is 4.72 Å². The van der Waals surface area contributed by atoms with Crippen molar-refractivity contribution in [1.82, 2.24) is 0 Å². The highest BCUT2D eigenvalue weighted by molar-refractivity contribution is 7.92. The van der Waals surface area contributed by atoms with Gasteiger partial charge in [0.15, 0.2) is 0 Å². The molecular formula is C18H20F3NO2S. The zero-order chi connectivity index (χ0) is 19.0. The Morgan fingerprint density at radius 1 is 0.920 bits per heavy atom. The van der Waals surface area contributed by atoms with Gasteiger partial charge in [-0.1, -0.05) is 26.8 Å². The Balaban J connectivity index is 2.29. The van der Waals surface area contributed by atoms with Crippen molar-refractivity contribution in [2.24, 2.45) is 0 Å². The largest absolute Gasteiger partial charge is 0.416 e. The number of anilines is 1. The molecule has 0 saturated carbocycles. The summed E-state index contributed by atoms with van der Waals surface area (Å²) in [7, 11) is -3.96. The van der Waals surface area contributed by atoms with E-state index in [4.69, 9.17) is 0 Å². The van der Waals surface area contributed by atoms with Gasteiger partial charge in [0.2, 0.25) is 0 Å². The average molecular weight is 371 g/mol. The first kappa shape index (κ1) is 19.3. The van der Waals surface area contributed by atoms with E-state index < -0.39 is 21.8 Å². The van der Waals surface area contributed by atoms with Gasteiger partial charge in [-0.25, -0.2) is 8.42 Å². The Hall–Kier alpha value is -2.02. The summed E-state index contributed by atoms with van der Waals surface area (Å²) in [6.07, 6.45) is -4.50. The quantitative estimate of drug-likeness (QED) is 0.815. The number of rotatable bonds is 3. The summed E-state index contributed by atoms with van der Waals surface area (Å²) >= 11 is 0. The molecule has 2 aromatic carbocycles. The molecule has 3 nitrogen and oxygen atoms in total. The van der Waals surface area contributed by atoms with Crippen molar-refractivity contribution in [3.8, 4) is 0 Å². The summed E-state index contributed by atoms with van der Waals surface area (Å²) in [4.78, 5) is -0.224. The van der Waals surface area contributed by atoms with E-state index in [0.717, 1.165) is 35.4 Å². The topological polar surface area (TPSA) is 46.2 Å². The maximum atomic E-state index is 12.6. The van der Waals surface area contributed by atoms with Crippen molar-refractivity contribution in [3.63, 3.8) is 0 Å². The van der Waals surface area contributed by atoms with Gasteiger partial charge < -0.3 is 0 Å². The van der Waals surface area contributed by atoms with Crippen LogP contribution in [0, 0.1) is 6.92 Å². The maximum absolute atomic E-state index is 12.6. The minimum atomic E-state index is -4.50. The molecule has 136 valence electrons. The van der Waals surface area contributed by atoms with Crippen molar-refractivity contribution < 1.29 is 21.6 Å². The number of halogens is 3. The Morgan fingerprint density at radius 3 is 1.92 bits per heavy atom. The molecule has 2 aromatic rings. The molecule has 0 bridgehead atoms. The van der Waals surface area contributed by atoms with E-state index in [-0.39, 0.29) is 10.3 Å². The summed E-state index contributed by atoms with van der Waals surface area (Å²) < 4.78 is 64.9. The second-order valence-corrected chi connectivity index (χ2v) is 8.59. The van der Waals surface area contributed by atoms with Crippen LogP contribution in [0.2, 0.25) is 0 Å². The fourth-order valence-electron chi connectivity index (χ4n) is 2.61. The molecule has 0 radical (unpaired) electrons. The van der Waals surface area contributed by atoms with Crippen molar-refractivity contribution in [1.29, 1.82) is 0 Å². The lowest BCUT2D eigenvalue weighted by Crippen LogP contribution is -2.16. The van der Waals surface area contributed by atoms with E-state index >= 15 is 0 Å². The molecule has 0 aromatic heterocycles. The number of alkyl halides is 3. The number of benzene rings is 2. The number of hydrogen-bond acceptors (Lipinski definition) is 2. The molecule has 1 N–H and O–H groups in total. The van der Waals surface area contributed by atoms with Crippen LogP contribution >= 0.6 is 0 Å². The predicted molar refractivity (Wildman–Crippen MR) is 92.1 cm³/mol. The first-order valence-electron chi connectivity index (χ1n) is 7.62. The van der Waals surface area contributed by atoms with Gasteiger partial charge in [0.25, 0.3) is 10.0 Å². The molecule has 7 heteroatoms. The normalized spacial score (nSPS) is 12.9. The van der Waals surface area contributed by atoms with Crippen LogP contribution in [0.5, 0.6) is 0 Å². The molecule has 0 spiro atoms. The first-order valence-corrected chi connectivity index (χ1v) is 9.10. The van der Waals surface area contributed by atoms with E-state index in [2.05, 4.69) is 25.5 Å². The highest BCUT2D eigenvalue weighted by Crippen LogP contribution is 2.31. The first-order chi connectivity index (χ1) is 11.3. The number of nitrogens with one attached hydrogen (secondary N) is 1. The fraction of sp³-hybridized carbons (Fsp3) is 0.333. The van der Waals surface area contributed by atoms with Crippen LogP contribution < -0.4 is 4.72 Å². The number of hydrogen-bond donors (Lipinski definition) is 1. The smallest absolute Gasteiger partial charge is 0.280 e. The van der Waals surface area contributed by atoms with Gasteiger partial charge in [-0.15, -0.1) is 0 Å². The van der Waals surface area contributed by atoms with Gasteiger partial charge in [-0.05, 0) is 59.9 Å². The van der Waals surface area contributed by atoms with Crippen LogP contribution in [0.25, 0.3) is 0 Å². The van der Waals surface area contributed by atoms with E-state index in [1.54, 1.807) is 12.1 Å². The Morgan fingerprint density at radius 2 is 1.48 bits per heavy atom. The second-order valence-electron chi connectivity index (χ2n) is 6.91. The summed E-state index contributed by atoms with van der Waals surface area (Å²) in [5, 5.41) is 0. The molecular weight excluding hydrogens is 351 g/mol. The molecule has 0 heterocycles. The average Bonchev–Trinajstić information content (AvgIpc) is 2.44. The number of sulfonamides is 1. The third kappa shape index (κ3) is 4.54. The Labute approximate surface area is 145 Å². The van der Waals surface area contributed by atoms with Crippen LogP contribution in [-0.2, 0) is 21.6 Å². The predicted octanol–water partition coefficient (Wildman–Crippen LogP) is 5.11. The summed E-state index contributed by atoms with van der Waals surface area (Å²) in [5.74, 6) is 0. The van der Waals surface area contributed by atoms with Crippen LogP contribution in [0.15, 0.2) is 47.4 Å². The number of aryl methyl sites for hydroxylation is 1.